The van der Waals surface area contributed by atoms with Crippen molar-refractivity contribution in [3.05, 3.63) is 0 Å². The summed E-state index contributed by atoms with van der Waals surface area (Å²) in [5, 5.41) is 3.59. The Bertz CT molecular complexity index is 166. The van der Waals surface area contributed by atoms with Crippen LogP contribution in [0.15, 0.2) is 0 Å². The largest absolute Gasteiger partial charge is 0.380 e. The second-order valence-corrected chi connectivity index (χ2v) is 5.17. The molecule has 0 aliphatic heterocycles. The lowest BCUT2D eigenvalue weighted by atomic mass is 9.97. The zero-order chi connectivity index (χ0) is 11.3. The first-order valence-corrected chi connectivity index (χ1v) is 6.45. The molecule has 0 spiro atoms. The number of rotatable bonds is 8. The van der Waals surface area contributed by atoms with Crippen LogP contribution >= 0.6 is 0 Å². The molecule has 1 fully saturated rings. The number of nitrogens with one attached hydrogen (secondary N) is 1. The number of methoxy groups -OCH3 is 1. The first kappa shape index (κ1) is 13.0. The number of hydrogen-bond donors (Lipinski definition) is 1. The Morgan fingerprint density at radius 1 is 1.27 bits per heavy atom. The van der Waals surface area contributed by atoms with E-state index < -0.39 is 0 Å². The molecule has 0 aromatic carbocycles. The van der Waals surface area contributed by atoms with Gasteiger partial charge in [-0.2, -0.15) is 0 Å². The van der Waals surface area contributed by atoms with Crippen molar-refractivity contribution >= 4 is 0 Å². The van der Waals surface area contributed by atoms with E-state index in [4.69, 9.17) is 4.74 Å². The molecule has 0 saturated heterocycles. The minimum Gasteiger partial charge on any atom is -0.380 e. The molecule has 0 amide bonds. The summed E-state index contributed by atoms with van der Waals surface area (Å²) in [4.78, 5) is 0. The van der Waals surface area contributed by atoms with E-state index >= 15 is 0 Å². The van der Waals surface area contributed by atoms with E-state index in [1.54, 1.807) is 0 Å². The smallest absolute Gasteiger partial charge is 0.0752 e. The van der Waals surface area contributed by atoms with Crippen molar-refractivity contribution in [1.29, 1.82) is 0 Å². The molecule has 0 aromatic heterocycles. The molecule has 2 atom stereocenters. The van der Waals surface area contributed by atoms with E-state index in [-0.39, 0.29) is 0 Å². The van der Waals surface area contributed by atoms with Gasteiger partial charge in [0.15, 0.2) is 0 Å². The third-order valence-corrected chi connectivity index (χ3v) is 3.28. The lowest BCUT2D eigenvalue weighted by Gasteiger charge is -2.27. The summed E-state index contributed by atoms with van der Waals surface area (Å²) >= 11 is 0. The normalized spacial score (nSPS) is 20.6. The van der Waals surface area contributed by atoms with Crippen molar-refractivity contribution in [2.24, 2.45) is 11.8 Å². The second-order valence-electron chi connectivity index (χ2n) is 5.17. The number of likely N-dealkylation sites (N-methyl/N-ethyl adjacent to an activating group) is 1. The molecule has 15 heavy (non-hydrogen) atoms. The highest BCUT2D eigenvalue weighted by molar-refractivity contribution is 4.90. The van der Waals surface area contributed by atoms with Gasteiger partial charge < -0.3 is 10.1 Å². The maximum atomic E-state index is 5.66. The summed E-state index contributed by atoms with van der Waals surface area (Å²) in [6.07, 6.45) is 5.72. The SMILES string of the molecule is CCNC(CCC(C)C)C(OC)C1CC1. The van der Waals surface area contributed by atoms with Crippen LogP contribution < -0.4 is 5.32 Å². The van der Waals surface area contributed by atoms with Gasteiger partial charge in [0.1, 0.15) is 0 Å². The fourth-order valence-electron chi connectivity index (χ4n) is 2.27. The minimum atomic E-state index is 0.448. The summed E-state index contributed by atoms with van der Waals surface area (Å²) in [7, 11) is 1.86. The predicted octanol–water partition coefficient (Wildman–Crippen LogP) is 2.83. The van der Waals surface area contributed by atoms with Crippen LogP contribution in [0.4, 0.5) is 0 Å². The van der Waals surface area contributed by atoms with Gasteiger partial charge in [0, 0.05) is 13.2 Å². The first-order chi connectivity index (χ1) is 7.19. The van der Waals surface area contributed by atoms with Gasteiger partial charge in [0.2, 0.25) is 0 Å². The van der Waals surface area contributed by atoms with Gasteiger partial charge in [-0.05, 0) is 44.1 Å². The molecule has 0 heterocycles. The molecule has 0 radical (unpaired) electrons. The van der Waals surface area contributed by atoms with Gasteiger partial charge in [-0.3, -0.25) is 0 Å². The lowest BCUT2D eigenvalue weighted by molar-refractivity contribution is 0.0472. The minimum absolute atomic E-state index is 0.448. The van der Waals surface area contributed by atoms with E-state index in [0.29, 0.717) is 12.1 Å². The Balaban J connectivity index is 2.38. The molecule has 2 heteroatoms. The molecule has 2 nitrogen and oxygen atoms in total. The summed E-state index contributed by atoms with van der Waals surface area (Å²) in [5.41, 5.74) is 0. The summed E-state index contributed by atoms with van der Waals surface area (Å²) in [6, 6.07) is 0.565. The van der Waals surface area contributed by atoms with Gasteiger partial charge in [-0.1, -0.05) is 20.8 Å². The maximum absolute atomic E-state index is 5.66. The predicted molar refractivity (Wildman–Crippen MR) is 65.1 cm³/mol. The zero-order valence-corrected chi connectivity index (χ0v) is 10.8. The Morgan fingerprint density at radius 3 is 2.33 bits per heavy atom. The molecule has 1 aliphatic rings. The fourth-order valence-corrected chi connectivity index (χ4v) is 2.27. The standard InChI is InChI=1S/C13H27NO/c1-5-14-12(9-6-10(2)3)13(15-4)11-7-8-11/h10-14H,5-9H2,1-4H3. The molecule has 1 N–H and O–H groups in total. The van der Waals surface area contributed by atoms with Gasteiger partial charge in [0.05, 0.1) is 6.10 Å². The summed E-state index contributed by atoms with van der Waals surface area (Å²) in [5.74, 6) is 1.62. The van der Waals surface area contributed by atoms with E-state index in [1.807, 2.05) is 7.11 Å². The Labute approximate surface area is 94.8 Å². The third kappa shape index (κ3) is 4.52. The van der Waals surface area contributed by atoms with Gasteiger partial charge in [-0.25, -0.2) is 0 Å². The van der Waals surface area contributed by atoms with E-state index in [2.05, 4.69) is 26.1 Å². The zero-order valence-electron chi connectivity index (χ0n) is 10.8. The van der Waals surface area contributed by atoms with Gasteiger partial charge in [-0.15, -0.1) is 0 Å². The van der Waals surface area contributed by atoms with Crippen LogP contribution in [0.25, 0.3) is 0 Å². The molecule has 1 aliphatic carbocycles. The highest BCUT2D eigenvalue weighted by atomic mass is 16.5. The average molecular weight is 213 g/mol. The van der Waals surface area contributed by atoms with Crippen molar-refractivity contribution in [1.82, 2.24) is 5.32 Å². The Hall–Kier alpha value is -0.0800. The quantitative estimate of drug-likeness (QED) is 0.669. The van der Waals surface area contributed by atoms with Crippen molar-refractivity contribution in [2.45, 2.75) is 58.6 Å². The van der Waals surface area contributed by atoms with Gasteiger partial charge in [0.25, 0.3) is 0 Å². The molecule has 0 aromatic rings. The van der Waals surface area contributed by atoms with Crippen LogP contribution in [0.1, 0.15) is 46.5 Å². The van der Waals surface area contributed by atoms with E-state index in [9.17, 15) is 0 Å². The van der Waals surface area contributed by atoms with Crippen LogP contribution in [0.3, 0.4) is 0 Å². The first-order valence-electron chi connectivity index (χ1n) is 6.45. The van der Waals surface area contributed by atoms with Crippen LogP contribution in [0.2, 0.25) is 0 Å². The molecule has 2 unspecified atom stereocenters. The highest BCUT2D eigenvalue weighted by Gasteiger charge is 2.36. The summed E-state index contributed by atoms with van der Waals surface area (Å²) in [6.45, 7) is 7.82. The third-order valence-electron chi connectivity index (χ3n) is 3.28. The monoisotopic (exact) mass is 213 g/mol. The van der Waals surface area contributed by atoms with Crippen LogP contribution in [0.5, 0.6) is 0 Å². The lowest BCUT2D eigenvalue weighted by Crippen LogP contribution is -2.42. The average Bonchev–Trinajstić information content (AvgIpc) is 2.99. The fraction of sp³-hybridized carbons (Fsp3) is 1.00. The molecule has 0 bridgehead atoms. The maximum Gasteiger partial charge on any atom is 0.0752 e. The van der Waals surface area contributed by atoms with Crippen molar-refractivity contribution in [3.63, 3.8) is 0 Å². The van der Waals surface area contributed by atoms with Crippen molar-refractivity contribution in [3.8, 4) is 0 Å². The van der Waals surface area contributed by atoms with Crippen molar-refractivity contribution in [2.75, 3.05) is 13.7 Å². The second kappa shape index (κ2) is 6.49. The van der Waals surface area contributed by atoms with Crippen molar-refractivity contribution < 1.29 is 4.74 Å². The van der Waals surface area contributed by atoms with Crippen LogP contribution in [-0.4, -0.2) is 25.8 Å². The van der Waals surface area contributed by atoms with Crippen LogP contribution in [0, 0.1) is 11.8 Å². The Kier molecular flexibility index (Phi) is 5.62. The van der Waals surface area contributed by atoms with Crippen LogP contribution in [-0.2, 0) is 4.74 Å². The topological polar surface area (TPSA) is 21.3 Å². The van der Waals surface area contributed by atoms with E-state index in [0.717, 1.165) is 18.4 Å². The van der Waals surface area contributed by atoms with Gasteiger partial charge >= 0.3 is 0 Å². The molecular formula is C13H27NO. The molecular weight excluding hydrogens is 186 g/mol. The molecule has 1 rings (SSSR count). The van der Waals surface area contributed by atoms with E-state index in [1.165, 1.54) is 25.7 Å². The number of ether oxygens (including phenoxy) is 1. The summed E-state index contributed by atoms with van der Waals surface area (Å²) < 4.78 is 5.66. The highest BCUT2D eigenvalue weighted by Crippen LogP contribution is 2.36. The molecule has 90 valence electrons. The number of hydrogen-bond acceptors (Lipinski definition) is 2. The Morgan fingerprint density at radius 2 is 1.93 bits per heavy atom. The molecule has 1 saturated carbocycles.